The summed E-state index contributed by atoms with van der Waals surface area (Å²) < 4.78 is 35.4. The van der Waals surface area contributed by atoms with E-state index in [4.69, 9.17) is 4.74 Å². The molecule has 186 valence electrons. The Balaban J connectivity index is 0.00000103. The van der Waals surface area contributed by atoms with Gasteiger partial charge in [-0.25, -0.2) is 9.18 Å². The first-order valence-electron chi connectivity index (χ1n) is 10.5. The molecule has 0 aliphatic carbocycles. The predicted octanol–water partition coefficient (Wildman–Crippen LogP) is 6.56. The van der Waals surface area contributed by atoms with Crippen LogP contribution in [0.25, 0.3) is 27.6 Å². The summed E-state index contributed by atoms with van der Waals surface area (Å²) in [5, 5.41) is 1.92. The molecule has 0 aliphatic rings. The number of halogens is 3. The number of H-pyrrole nitrogens is 1. The highest BCUT2D eigenvalue weighted by atomic mass is 79.9. The van der Waals surface area contributed by atoms with Crippen LogP contribution < -0.4 is 20.7 Å². The number of anilines is 1. The van der Waals surface area contributed by atoms with Gasteiger partial charge in [0, 0.05) is 24.2 Å². The second-order valence-corrected chi connectivity index (χ2v) is 8.13. The molecule has 0 saturated heterocycles. The quantitative estimate of drug-likeness (QED) is 0.268. The zero-order chi connectivity index (χ0) is 26.1. The molecule has 0 spiro atoms. The number of nitrogens with zero attached hydrogens (tertiary/aromatic N) is 1. The van der Waals surface area contributed by atoms with Crippen molar-refractivity contribution in [2.75, 3.05) is 25.3 Å². The van der Waals surface area contributed by atoms with Crippen LogP contribution in [0.2, 0.25) is 0 Å². The number of nitrogens with one attached hydrogen (secondary N) is 2. The predicted molar refractivity (Wildman–Crippen MR) is 145 cm³/mol. The van der Waals surface area contributed by atoms with Crippen molar-refractivity contribution in [2.45, 2.75) is 13.8 Å². The Labute approximate surface area is 214 Å². The summed E-state index contributed by atoms with van der Waals surface area (Å²) in [5.74, 6) is -0.340. The van der Waals surface area contributed by atoms with Gasteiger partial charge >= 0.3 is 5.69 Å². The van der Waals surface area contributed by atoms with Crippen molar-refractivity contribution < 1.29 is 13.5 Å². The van der Waals surface area contributed by atoms with Gasteiger partial charge in [0.05, 0.1) is 30.0 Å². The molecule has 1 heterocycles. The van der Waals surface area contributed by atoms with Crippen molar-refractivity contribution in [3.05, 3.63) is 85.9 Å². The van der Waals surface area contributed by atoms with Crippen LogP contribution in [-0.4, -0.2) is 30.1 Å². The van der Waals surface area contributed by atoms with E-state index in [1.54, 1.807) is 6.07 Å². The molecule has 3 aromatic carbocycles. The Bertz CT molecular complexity index is 1420. The van der Waals surface area contributed by atoms with Crippen LogP contribution in [0.5, 0.6) is 5.75 Å². The maximum absolute atomic E-state index is 15.8. The maximum atomic E-state index is 15.8. The number of fused-ring (bicyclic) bond motifs is 1. The van der Waals surface area contributed by atoms with Gasteiger partial charge in [0.25, 0.3) is 5.56 Å². The van der Waals surface area contributed by atoms with Crippen LogP contribution in [0.1, 0.15) is 13.8 Å². The second-order valence-electron chi connectivity index (χ2n) is 6.66. The Morgan fingerprint density at radius 3 is 2.31 bits per heavy atom. The lowest BCUT2D eigenvalue weighted by Gasteiger charge is -2.17. The fourth-order valence-corrected chi connectivity index (χ4v) is 4.36. The lowest BCUT2D eigenvalue weighted by Crippen LogP contribution is -2.28. The van der Waals surface area contributed by atoms with E-state index < -0.39 is 17.1 Å². The fourth-order valence-electron chi connectivity index (χ4n) is 3.42. The number of ether oxygens (including phenoxy) is 1. The summed E-state index contributed by atoms with van der Waals surface area (Å²) in [6, 6.07) is 14.1. The summed E-state index contributed by atoms with van der Waals surface area (Å²) in [7, 11) is 1.95. The SMILES string of the molecule is CC.CF.COc1c(Br)cc(-n2ccc(=O)[nH]c2=O)c(F)c1-c1ccc2cc(NSC)ccc2c1. The average molecular weight is 566 g/mol. The average Bonchev–Trinajstić information content (AvgIpc) is 2.87. The van der Waals surface area contributed by atoms with Crippen molar-refractivity contribution in [1.82, 2.24) is 9.55 Å². The molecule has 2 N–H and O–H groups in total. The first-order chi connectivity index (χ1) is 16.9. The smallest absolute Gasteiger partial charge is 0.333 e. The minimum atomic E-state index is -0.734. The zero-order valence-corrected chi connectivity index (χ0v) is 22.3. The summed E-state index contributed by atoms with van der Waals surface area (Å²) in [5.41, 5.74) is 0.467. The van der Waals surface area contributed by atoms with Crippen molar-refractivity contribution in [1.29, 1.82) is 0 Å². The van der Waals surface area contributed by atoms with E-state index in [1.807, 2.05) is 50.4 Å². The number of methoxy groups -OCH3 is 1. The molecule has 0 amide bonds. The normalized spacial score (nSPS) is 10.1. The van der Waals surface area contributed by atoms with Gasteiger partial charge in [-0.2, -0.15) is 0 Å². The number of rotatable bonds is 5. The van der Waals surface area contributed by atoms with Gasteiger partial charge in [-0.1, -0.05) is 44.0 Å². The monoisotopic (exact) mass is 565 g/mol. The number of benzene rings is 3. The Morgan fingerprint density at radius 1 is 1.03 bits per heavy atom. The van der Waals surface area contributed by atoms with Crippen LogP contribution in [0.3, 0.4) is 0 Å². The highest BCUT2D eigenvalue weighted by molar-refractivity contribution is 9.10. The first kappa shape index (κ1) is 28.1. The van der Waals surface area contributed by atoms with Gasteiger partial charge in [-0.05, 0) is 56.5 Å². The van der Waals surface area contributed by atoms with Crippen LogP contribution in [0.15, 0.2) is 68.8 Å². The molecule has 10 heteroatoms. The van der Waals surface area contributed by atoms with Gasteiger partial charge in [-0.15, -0.1) is 0 Å². The lowest BCUT2D eigenvalue weighted by molar-refractivity contribution is 0.410. The molecule has 0 aliphatic heterocycles. The summed E-state index contributed by atoms with van der Waals surface area (Å²) >= 11 is 4.91. The summed E-state index contributed by atoms with van der Waals surface area (Å²) in [6.07, 6.45) is 3.18. The minimum absolute atomic E-state index is 0.0106. The van der Waals surface area contributed by atoms with E-state index in [-0.39, 0.29) is 11.3 Å². The highest BCUT2D eigenvalue weighted by Crippen LogP contribution is 2.42. The minimum Gasteiger partial charge on any atom is -0.495 e. The molecule has 0 radical (unpaired) electrons. The highest BCUT2D eigenvalue weighted by Gasteiger charge is 2.21. The second kappa shape index (κ2) is 13.1. The molecular weight excluding hydrogens is 540 g/mol. The third kappa shape index (κ3) is 6.12. The summed E-state index contributed by atoms with van der Waals surface area (Å²) in [4.78, 5) is 25.8. The Kier molecular flexibility index (Phi) is 10.5. The lowest BCUT2D eigenvalue weighted by atomic mass is 9.99. The standard InChI is InChI=1S/C22H17BrFN3O3S.C2H6.CH3F/c1-30-21-16(23)11-17(27-8-7-18(28)25-22(27)29)20(24)19(21)14-4-3-13-10-15(26-31-2)6-5-12(13)9-14;2*1-2/h3-11,26H,1-2H3,(H,25,28,29);1-2H3;1H3. The topological polar surface area (TPSA) is 76.1 Å². The van der Waals surface area contributed by atoms with Gasteiger partial charge in [-0.3, -0.25) is 18.7 Å². The molecule has 0 saturated carbocycles. The van der Waals surface area contributed by atoms with Crippen LogP contribution in [0.4, 0.5) is 14.5 Å². The van der Waals surface area contributed by atoms with E-state index in [9.17, 15) is 14.0 Å². The fraction of sp³-hybridized carbons (Fsp3) is 0.200. The van der Waals surface area contributed by atoms with Crippen molar-refractivity contribution in [3.63, 3.8) is 0 Å². The zero-order valence-electron chi connectivity index (χ0n) is 19.9. The molecule has 0 unspecified atom stereocenters. The van der Waals surface area contributed by atoms with E-state index in [2.05, 4.69) is 25.6 Å². The number of hydrogen-bond acceptors (Lipinski definition) is 5. The first-order valence-corrected chi connectivity index (χ1v) is 12.5. The molecule has 6 nitrogen and oxygen atoms in total. The van der Waals surface area contributed by atoms with Crippen LogP contribution in [0, 0.1) is 5.82 Å². The van der Waals surface area contributed by atoms with Gasteiger partial charge in [0.15, 0.2) is 5.82 Å². The van der Waals surface area contributed by atoms with E-state index >= 15 is 4.39 Å². The largest absolute Gasteiger partial charge is 0.495 e. The van der Waals surface area contributed by atoms with Gasteiger partial charge in [0.1, 0.15) is 5.75 Å². The third-order valence-corrected chi connectivity index (χ3v) is 5.82. The maximum Gasteiger partial charge on any atom is 0.333 e. The number of hydrogen-bond donors (Lipinski definition) is 2. The molecule has 0 fully saturated rings. The number of alkyl halides is 1. The molecular formula is C25H26BrF2N3O3S. The molecule has 4 aromatic rings. The van der Waals surface area contributed by atoms with Gasteiger partial charge < -0.3 is 9.46 Å². The number of aromatic amines is 1. The molecule has 4 rings (SSSR count). The molecule has 0 atom stereocenters. The Morgan fingerprint density at radius 2 is 1.69 bits per heavy atom. The van der Waals surface area contributed by atoms with Gasteiger partial charge in [0.2, 0.25) is 0 Å². The van der Waals surface area contributed by atoms with Crippen molar-refractivity contribution >= 4 is 44.3 Å². The number of aromatic nitrogens is 2. The van der Waals surface area contributed by atoms with E-state index in [1.165, 1.54) is 31.3 Å². The molecule has 0 bridgehead atoms. The van der Waals surface area contributed by atoms with E-state index in [0.717, 1.165) is 27.1 Å². The van der Waals surface area contributed by atoms with Crippen molar-refractivity contribution in [3.8, 4) is 22.6 Å². The van der Waals surface area contributed by atoms with Crippen molar-refractivity contribution in [2.24, 2.45) is 0 Å². The third-order valence-electron chi connectivity index (χ3n) is 4.79. The molecule has 35 heavy (non-hydrogen) atoms. The molecule has 1 aromatic heterocycles. The van der Waals surface area contributed by atoms with Crippen LogP contribution in [-0.2, 0) is 0 Å². The van der Waals surface area contributed by atoms with E-state index in [0.29, 0.717) is 23.0 Å². The summed E-state index contributed by atoms with van der Waals surface area (Å²) in [6.45, 7) is 4.00. The van der Waals surface area contributed by atoms with Crippen LogP contribution >= 0.6 is 27.9 Å². The Hall–Kier alpha value is -3.11.